The highest BCUT2D eigenvalue weighted by atomic mass is 16.2. The summed E-state index contributed by atoms with van der Waals surface area (Å²) in [6, 6.07) is 16.8. The highest BCUT2D eigenvalue weighted by Gasteiger charge is 2.12. The normalized spacial score (nSPS) is 10.8. The Bertz CT molecular complexity index is 1150. The smallest absolute Gasteiger partial charge is 0.271 e. The molecule has 2 aromatic carbocycles. The first-order valence-electron chi connectivity index (χ1n) is 9.29. The van der Waals surface area contributed by atoms with Crippen LogP contribution in [0.3, 0.4) is 0 Å². The molecule has 4 aromatic rings. The molecule has 0 saturated carbocycles. The molecule has 146 valence electrons. The van der Waals surface area contributed by atoms with Crippen molar-refractivity contribution >= 4 is 5.91 Å². The minimum Gasteiger partial charge on any atom is -0.347 e. The Kier molecular flexibility index (Phi) is 5.11. The number of amides is 1. The van der Waals surface area contributed by atoms with Gasteiger partial charge in [-0.2, -0.15) is 0 Å². The molecular weight excluding hydrogens is 366 g/mol. The summed E-state index contributed by atoms with van der Waals surface area (Å²) in [6.45, 7) is 3.10. The van der Waals surface area contributed by atoms with E-state index in [0.717, 1.165) is 23.2 Å². The van der Waals surface area contributed by atoms with Crippen LogP contribution in [0, 0.1) is 6.92 Å². The lowest BCUT2D eigenvalue weighted by molar-refractivity contribution is 0.0945. The zero-order valence-electron chi connectivity index (χ0n) is 16.0. The Labute approximate surface area is 167 Å². The van der Waals surface area contributed by atoms with Crippen LogP contribution in [0.1, 0.15) is 27.2 Å². The number of carbonyl (C=O) groups is 1. The molecule has 2 N–H and O–H groups in total. The number of nitrogens with one attached hydrogen (secondary N) is 2. The van der Waals surface area contributed by atoms with Gasteiger partial charge in [0.25, 0.3) is 11.5 Å². The van der Waals surface area contributed by atoms with Crippen LogP contribution in [-0.2, 0) is 13.1 Å². The fraction of sp³-hybridized carbons (Fsp3) is 0.136. The third-order valence-corrected chi connectivity index (χ3v) is 4.66. The Morgan fingerprint density at radius 2 is 1.79 bits per heavy atom. The molecule has 0 aliphatic rings. The van der Waals surface area contributed by atoms with Crippen molar-refractivity contribution in [1.29, 1.82) is 0 Å². The predicted octanol–water partition coefficient (Wildman–Crippen LogP) is 2.65. The number of H-pyrrole nitrogens is 1. The Morgan fingerprint density at radius 1 is 1.07 bits per heavy atom. The van der Waals surface area contributed by atoms with Crippen molar-refractivity contribution in [1.82, 2.24) is 24.6 Å². The van der Waals surface area contributed by atoms with Gasteiger partial charge in [-0.15, -0.1) is 0 Å². The van der Waals surface area contributed by atoms with Gasteiger partial charge in [-0.1, -0.05) is 42.0 Å². The van der Waals surface area contributed by atoms with Gasteiger partial charge in [0, 0.05) is 31.5 Å². The van der Waals surface area contributed by atoms with Gasteiger partial charge < -0.3 is 9.88 Å². The minimum atomic E-state index is -0.324. The number of rotatable bonds is 6. The van der Waals surface area contributed by atoms with Gasteiger partial charge in [-0.25, -0.2) is 9.67 Å². The van der Waals surface area contributed by atoms with Gasteiger partial charge in [0.15, 0.2) is 0 Å². The van der Waals surface area contributed by atoms with E-state index in [4.69, 9.17) is 0 Å². The molecule has 0 aliphatic heterocycles. The molecule has 0 bridgehead atoms. The minimum absolute atomic E-state index is 0.229. The van der Waals surface area contributed by atoms with E-state index in [1.54, 1.807) is 12.5 Å². The molecule has 0 aliphatic carbocycles. The van der Waals surface area contributed by atoms with Crippen LogP contribution in [0.2, 0.25) is 0 Å². The van der Waals surface area contributed by atoms with Crippen LogP contribution in [-0.4, -0.2) is 25.2 Å². The molecule has 0 spiro atoms. The van der Waals surface area contributed by atoms with E-state index in [9.17, 15) is 9.59 Å². The first-order valence-corrected chi connectivity index (χ1v) is 9.29. The van der Waals surface area contributed by atoms with Gasteiger partial charge in [0.1, 0.15) is 5.69 Å². The monoisotopic (exact) mass is 387 g/mol. The molecule has 0 radical (unpaired) electrons. The van der Waals surface area contributed by atoms with E-state index >= 15 is 0 Å². The van der Waals surface area contributed by atoms with Crippen molar-refractivity contribution in [3.05, 3.63) is 106 Å². The van der Waals surface area contributed by atoms with Gasteiger partial charge >= 0.3 is 0 Å². The number of carbonyl (C=O) groups excluding carboxylic acids is 1. The zero-order chi connectivity index (χ0) is 20.2. The van der Waals surface area contributed by atoms with Crippen molar-refractivity contribution in [2.45, 2.75) is 20.0 Å². The maximum Gasteiger partial charge on any atom is 0.271 e. The second kappa shape index (κ2) is 8.02. The summed E-state index contributed by atoms with van der Waals surface area (Å²) >= 11 is 0. The first kappa shape index (κ1) is 18.5. The molecule has 7 nitrogen and oxygen atoms in total. The fourth-order valence-corrected chi connectivity index (χ4v) is 3.03. The quantitative estimate of drug-likeness (QED) is 0.533. The van der Waals surface area contributed by atoms with E-state index < -0.39 is 0 Å². The van der Waals surface area contributed by atoms with Gasteiger partial charge in [-0.05, 0) is 30.2 Å². The van der Waals surface area contributed by atoms with Crippen molar-refractivity contribution in [3.8, 4) is 5.69 Å². The molecule has 4 rings (SSSR count). The highest BCUT2D eigenvalue weighted by Crippen LogP contribution is 2.08. The maximum atomic E-state index is 12.4. The summed E-state index contributed by atoms with van der Waals surface area (Å²) in [5, 5.41) is 5.71. The van der Waals surface area contributed by atoms with Crippen molar-refractivity contribution in [2.75, 3.05) is 0 Å². The molecular formula is C22H21N5O2. The summed E-state index contributed by atoms with van der Waals surface area (Å²) in [7, 11) is 0. The number of imidazole rings is 1. The first-order chi connectivity index (χ1) is 14.1. The van der Waals surface area contributed by atoms with Crippen LogP contribution in [0.5, 0.6) is 0 Å². The van der Waals surface area contributed by atoms with Crippen molar-refractivity contribution in [3.63, 3.8) is 0 Å². The van der Waals surface area contributed by atoms with Crippen LogP contribution in [0.15, 0.2) is 78.1 Å². The summed E-state index contributed by atoms with van der Waals surface area (Å²) in [5.41, 5.74) is 3.87. The summed E-state index contributed by atoms with van der Waals surface area (Å²) in [4.78, 5) is 28.7. The third kappa shape index (κ3) is 4.35. The molecule has 7 heteroatoms. The number of aromatic nitrogens is 4. The predicted molar refractivity (Wildman–Crippen MR) is 110 cm³/mol. The summed E-state index contributed by atoms with van der Waals surface area (Å²) in [6.07, 6.45) is 5.44. The number of benzene rings is 2. The third-order valence-electron chi connectivity index (χ3n) is 4.66. The summed E-state index contributed by atoms with van der Waals surface area (Å²) < 4.78 is 3.35. The van der Waals surface area contributed by atoms with E-state index in [-0.39, 0.29) is 17.2 Å². The average Bonchev–Trinajstić information content (AvgIpc) is 3.37. The lowest BCUT2D eigenvalue weighted by Gasteiger charge is -2.07. The number of hydrogen-bond acceptors (Lipinski definition) is 3. The lowest BCUT2D eigenvalue weighted by atomic mass is 10.1. The molecule has 1 amide bonds. The van der Waals surface area contributed by atoms with Crippen LogP contribution in [0.25, 0.3) is 5.69 Å². The topological polar surface area (TPSA) is 84.7 Å². The van der Waals surface area contributed by atoms with E-state index in [0.29, 0.717) is 12.2 Å². The molecule has 2 aromatic heterocycles. The van der Waals surface area contributed by atoms with Gasteiger partial charge in [-0.3, -0.25) is 14.7 Å². The zero-order valence-corrected chi connectivity index (χ0v) is 16.0. The van der Waals surface area contributed by atoms with Crippen LogP contribution in [0.4, 0.5) is 0 Å². The second-order valence-electron chi connectivity index (χ2n) is 6.91. The Hall–Kier alpha value is -3.87. The fourth-order valence-electron chi connectivity index (χ4n) is 3.03. The number of aryl methyl sites for hydroxylation is 1. The van der Waals surface area contributed by atoms with Gasteiger partial charge in [0.05, 0.1) is 12.0 Å². The second-order valence-corrected chi connectivity index (χ2v) is 6.91. The number of nitrogens with zero attached hydrogens (tertiary/aromatic N) is 3. The molecule has 0 saturated heterocycles. The molecule has 0 fully saturated rings. The number of hydrogen-bond donors (Lipinski definition) is 2. The van der Waals surface area contributed by atoms with E-state index in [1.165, 1.54) is 10.7 Å². The molecule has 29 heavy (non-hydrogen) atoms. The SMILES string of the molecule is Cc1ccc(-n2[nH]c(C(=O)NCc3ccc(Cn4ccnc4)cc3)cc2=O)cc1. The Morgan fingerprint density at radius 3 is 2.48 bits per heavy atom. The largest absolute Gasteiger partial charge is 0.347 e. The molecule has 2 heterocycles. The van der Waals surface area contributed by atoms with Crippen LogP contribution >= 0.6 is 0 Å². The number of aromatic amines is 1. The Balaban J connectivity index is 1.39. The summed E-state index contributed by atoms with van der Waals surface area (Å²) in [5.74, 6) is -0.324. The van der Waals surface area contributed by atoms with E-state index in [2.05, 4.69) is 15.4 Å². The lowest BCUT2D eigenvalue weighted by Crippen LogP contribution is -2.23. The van der Waals surface area contributed by atoms with E-state index in [1.807, 2.05) is 66.2 Å². The standard InChI is InChI=1S/C22H21N5O2/c1-16-2-8-19(9-3-16)27-21(28)12-20(25-27)22(29)24-13-17-4-6-18(7-5-17)14-26-11-10-23-15-26/h2-12,15,25H,13-14H2,1H3,(H,24,29). The van der Waals surface area contributed by atoms with Crippen LogP contribution < -0.4 is 10.9 Å². The molecule has 0 atom stereocenters. The van der Waals surface area contributed by atoms with Crippen molar-refractivity contribution in [2.24, 2.45) is 0 Å². The molecule has 0 unspecified atom stereocenters. The average molecular weight is 387 g/mol. The van der Waals surface area contributed by atoms with Gasteiger partial charge in [0.2, 0.25) is 0 Å². The highest BCUT2D eigenvalue weighted by molar-refractivity contribution is 5.92. The maximum absolute atomic E-state index is 12.4. The van der Waals surface area contributed by atoms with Crippen molar-refractivity contribution < 1.29 is 4.79 Å².